The van der Waals surface area contributed by atoms with Gasteiger partial charge in [0.05, 0.1) is 12.1 Å². The summed E-state index contributed by atoms with van der Waals surface area (Å²) in [5.41, 5.74) is 0. The van der Waals surface area contributed by atoms with E-state index in [1.807, 2.05) is 6.07 Å². The van der Waals surface area contributed by atoms with E-state index >= 15 is 0 Å². The average Bonchev–Trinajstić information content (AvgIpc) is 2.99. The largest absolute Gasteiger partial charge is 0.480 e. The first-order valence-electron chi connectivity index (χ1n) is 5.56. The van der Waals surface area contributed by atoms with E-state index in [1.165, 1.54) is 16.7 Å². The number of aliphatic carboxylic acids is 1. The van der Waals surface area contributed by atoms with Gasteiger partial charge < -0.3 is 19.7 Å². The molecule has 0 aliphatic carbocycles. The van der Waals surface area contributed by atoms with Crippen LogP contribution in [0.15, 0.2) is 22.8 Å². The van der Waals surface area contributed by atoms with Gasteiger partial charge >= 0.3 is 12.0 Å². The number of urea groups is 1. The van der Waals surface area contributed by atoms with Crippen molar-refractivity contribution in [2.24, 2.45) is 0 Å². The Balaban J connectivity index is 1.79. The first-order chi connectivity index (χ1) is 8.68. The monoisotopic (exact) mass is 270 g/mol. The Hall–Kier alpha value is -1.63. The zero-order chi connectivity index (χ0) is 13.0. The van der Waals surface area contributed by atoms with Crippen molar-refractivity contribution in [3.05, 3.63) is 24.2 Å². The Kier molecular flexibility index (Phi) is 4.14. The highest BCUT2D eigenvalue weighted by atomic mass is 32.2. The Morgan fingerprint density at radius 3 is 3.11 bits per heavy atom. The van der Waals surface area contributed by atoms with E-state index < -0.39 is 12.0 Å². The molecule has 0 radical (unpaired) electrons. The lowest BCUT2D eigenvalue weighted by atomic mass is 10.3. The van der Waals surface area contributed by atoms with E-state index in [2.05, 4.69) is 5.32 Å². The number of carbonyl (C=O) groups is 2. The predicted octanol–water partition coefficient (Wildman–Crippen LogP) is 0.991. The summed E-state index contributed by atoms with van der Waals surface area (Å²) in [7, 11) is 0. The third-order valence-corrected chi connectivity index (χ3v) is 3.67. The van der Waals surface area contributed by atoms with E-state index in [-0.39, 0.29) is 6.03 Å². The topological polar surface area (TPSA) is 82.8 Å². The molecule has 0 aromatic carbocycles. The van der Waals surface area contributed by atoms with Crippen molar-refractivity contribution in [2.45, 2.75) is 12.5 Å². The summed E-state index contributed by atoms with van der Waals surface area (Å²) in [5, 5.41) is 11.7. The maximum Gasteiger partial charge on any atom is 0.327 e. The minimum atomic E-state index is -0.957. The van der Waals surface area contributed by atoms with Crippen LogP contribution in [0.5, 0.6) is 0 Å². The minimum Gasteiger partial charge on any atom is -0.480 e. The van der Waals surface area contributed by atoms with Crippen molar-refractivity contribution < 1.29 is 19.1 Å². The maximum atomic E-state index is 11.8. The molecule has 2 heterocycles. The molecule has 2 amide bonds. The Morgan fingerprint density at radius 2 is 2.44 bits per heavy atom. The molecule has 6 nitrogen and oxygen atoms in total. The number of thioether (sulfide) groups is 1. The van der Waals surface area contributed by atoms with Gasteiger partial charge in [0, 0.05) is 18.7 Å². The molecule has 1 aromatic rings. The summed E-state index contributed by atoms with van der Waals surface area (Å²) < 4.78 is 5.14. The van der Waals surface area contributed by atoms with Crippen molar-refractivity contribution in [2.75, 3.05) is 18.2 Å². The van der Waals surface area contributed by atoms with Gasteiger partial charge in [-0.2, -0.15) is 0 Å². The van der Waals surface area contributed by atoms with Crippen molar-refractivity contribution in [1.82, 2.24) is 10.2 Å². The third-order valence-electron chi connectivity index (χ3n) is 2.66. The van der Waals surface area contributed by atoms with Crippen LogP contribution in [0.2, 0.25) is 0 Å². The molecular weight excluding hydrogens is 256 g/mol. The number of nitrogens with one attached hydrogen (secondary N) is 1. The Morgan fingerprint density at radius 1 is 1.61 bits per heavy atom. The first kappa shape index (κ1) is 12.8. The number of carbonyl (C=O) groups excluding carboxylic acids is 1. The SMILES string of the molecule is O=C(O)C1CSCN1C(=O)NCCc1ccco1. The number of hydrogen-bond acceptors (Lipinski definition) is 4. The normalized spacial score (nSPS) is 18.9. The highest BCUT2D eigenvalue weighted by molar-refractivity contribution is 7.99. The van der Waals surface area contributed by atoms with E-state index in [1.54, 1.807) is 12.3 Å². The lowest BCUT2D eigenvalue weighted by Crippen LogP contribution is -2.47. The molecular formula is C11H14N2O4S. The van der Waals surface area contributed by atoms with E-state index in [0.717, 1.165) is 5.76 Å². The van der Waals surface area contributed by atoms with Gasteiger partial charge in [0.1, 0.15) is 11.8 Å². The zero-order valence-corrected chi connectivity index (χ0v) is 10.5. The van der Waals surface area contributed by atoms with Crippen LogP contribution < -0.4 is 5.32 Å². The zero-order valence-electron chi connectivity index (χ0n) is 9.67. The number of rotatable bonds is 4. The highest BCUT2D eigenvalue weighted by Crippen LogP contribution is 2.20. The fraction of sp³-hybridized carbons (Fsp3) is 0.455. The van der Waals surface area contributed by atoms with Gasteiger partial charge in [0.25, 0.3) is 0 Å². The molecule has 1 aliphatic heterocycles. The summed E-state index contributed by atoms with van der Waals surface area (Å²) in [5.74, 6) is 0.701. The lowest BCUT2D eigenvalue weighted by molar-refractivity contribution is -0.140. The molecule has 0 spiro atoms. The smallest absolute Gasteiger partial charge is 0.327 e. The third kappa shape index (κ3) is 2.98. The second-order valence-corrected chi connectivity index (χ2v) is 4.88. The van der Waals surface area contributed by atoms with Crippen LogP contribution in [-0.2, 0) is 11.2 Å². The fourth-order valence-electron chi connectivity index (χ4n) is 1.70. The van der Waals surface area contributed by atoms with E-state index in [9.17, 15) is 9.59 Å². The average molecular weight is 270 g/mol. The number of carboxylic acid groups (broad SMARTS) is 1. The second kappa shape index (κ2) is 5.81. The van der Waals surface area contributed by atoms with Gasteiger partial charge in [0.15, 0.2) is 0 Å². The molecule has 2 rings (SSSR count). The van der Waals surface area contributed by atoms with Gasteiger partial charge in [0.2, 0.25) is 0 Å². The summed E-state index contributed by atoms with van der Waals surface area (Å²) in [6.45, 7) is 0.430. The number of nitrogens with zero attached hydrogens (tertiary/aromatic N) is 1. The molecule has 7 heteroatoms. The molecule has 1 aromatic heterocycles. The molecule has 1 saturated heterocycles. The number of carboxylic acids is 1. The molecule has 2 N–H and O–H groups in total. The predicted molar refractivity (Wildman–Crippen MR) is 66.4 cm³/mol. The molecule has 18 heavy (non-hydrogen) atoms. The summed E-state index contributed by atoms with van der Waals surface area (Å²) in [6.07, 6.45) is 2.17. The van der Waals surface area contributed by atoms with Crippen molar-refractivity contribution in [3.8, 4) is 0 Å². The number of hydrogen-bond donors (Lipinski definition) is 2. The van der Waals surface area contributed by atoms with Crippen LogP contribution >= 0.6 is 11.8 Å². The van der Waals surface area contributed by atoms with Crippen LogP contribution in [0.1, 0.15) is 5.76 Å². The summed E-state index contributed by atoms with van der Waals surface area (Å²) in [6, 6.07) is 2.56. The molecule has 1 atom stereocenters. The Bertz CT molecular complexity index is 421. The fourth-order valence-corrected chi connectivity index (χ4v) is 2.84. The standard InChI is InChI=1S/C11H14N2O4S/c14-10(15)9-6-18-7-13(9)11(16)12-4-3-8-2-1-5-17-8/h1-2,5,9H,3-4,6-7H2,(H,12,16)(H,14,15). The lowest BCUT2D eigenvalue weighted by Gasteiger charge is -2.20. The number of amides is 2. The minimum absolute atomic E-state index is 0.334. The number of furan rings is 1. The maximum absolute atomic E-state index is 11.8. The summed E-state index contributed by atoms with van der Waals surface area (Å²) >= 11 is 1.44. The summed E-state index contributed by atoms with van der Waals surface area (Å²) in [4.78, 5) is 24.1. The molecule has 1 fully saturated rings. The molecule has 98 valence electrons. The van der Waals surface area contributed by atoms with Crippen molar-refractivity contribution >= 4 is 23.8 Å². The van der Waals surface area contributed by atoms with Crippen LogP contribution in [0.3, 0.4) is 0 Å². The van der Waals surface area contributed by atoms with Gasteiger partial charge in [-0.15, -0.1) is 11.8 Å². The Labute approximate surface area is 108 Å². The molecule has 0 bridgehead atoms. The van der Waals surface area contributed by atoms with Crippen molar-refractivity contribution in [1.29, 1.82) is 0 Å². The van der Waals surface area contributed by atoms with Crippen LogP contribution in [0.25, 0.3) is 0 Å². The van der Waals surface area contributed by atoms with Crippen molar-refractivity contribution in [3.63, 3.8) is 0 Å². The van der Waals surface area contributed by atoms with E-state index in [4.69, 9.17) is 9.52 Å². The van der Waals surface area contributed by atoms with Crippen LogP contribution in [-0.4, -0.2) is 46.2 Å². The molecule has 0 saturated carbocycles. The van der Waals surface area contributed by atoms with Gasteiger partial charge in [-0.25, -0.2) is 9.59 Å². The first-order valence-corrected chi connectivity index (χ1v) is 6.71. The molecule has 1 aliphatic rings. The second-order valence-electron chi connectivity index (χ2n) is 3.89. The molecule has 1 unspecified atom stereocenters. The van der Waals surface area contributed by atoms with Gasteiger partial charge in [-0.3, -0.25) is 0 Å². The van der Waals surface area contributed by atoms with Crippen LogP contribution in [0, 0.1) is 0 Å². The van der Waals surface area contributed by atoms with E-state index in [0.29, 0.717) is 24.6 Å². The quantitative estimate of drug-likeness (QED) is 0.852. The van der Waals surface area contributed by atoms with Gasteiger partial charge in [-0.1, -0.05) is 0 Å². The van der Waals surface area contributed by atoms with Crippen LogP contribution in [0.4, 0.5) is 4.79 Å². The highest BCUT2D eigenvalue weighted by Gasteiger charge is 2.34. The van der Waals surface area contributed by atoms with Gasteiger partial charge in [-0.05, 0) is 12.1 Å².